The third-order valence-electron chi connectivity index (χ3n) is 1.78. The van der Waals surface area contributed by atoms with Crippen molar-refractivity contribution in [3.05, 3.63) is 35.4 Å². The van der Waals surface area contributed by atoms with Crippen LogP contribution in [0, 0.1) is 0 Å². The van der Waals surface area contributed by atoms with Crippen molar-refractivity contribution in [2.24, 2.45) is 0 Å². The van der Waals surface area contributed by atoms with Crippen molar-refractivity contribution in [3.63, 3.8) is 0 Å². The van der Waals surface area contributed by atoms with E-state index >= 15 is 0 Å². The topological polar surface area (TPSA) is 26.0 Å². The second kappa shape index (κ2) is 4.57. The lowest BCUT2D eigenvalue weighted by atomic mass is 10.1. The van der Waals surface area contributed by atoms with Gasteiger partial charge < -0.3 is 5.73 Å². The summed E-state index contributed by atoms with van der Waals surface area (Å²) < 4.78 is 37.3. The molecule has 0 amide bonds. The molecule has 0 unspecified atom stereocenters. The molecule has 1 aromatic carbocycles. The molecule has 0 fully saturated rings. The second-order valence-corrected chi connectivity index (χ2v) is 3.21. The molecule has 0 aliphatic carbocycles. The second-order valence-electron chi connectivity index (χ2n) is 2.90. The Hall–Kier alpha value is -1.16. The molecule has 0 aliphatic heterocycles. The minimum absolute atomic E-state index is 0.256. The first-order chi connectivity index (χ1) is 6.95. The molecule has 0 aliphatic rings. The first-order valence-electron chi connectivity index (χ1n) is 4.14. The predicted molar refractivity (Wildman–Crippen MR) is 55.6 cm³/mol. The van der Waals surface area contributed by atoms with Crippen LogP contribution in [0.4, 0.5) is 18.9 Å². The van der Waals surface area contributed by atoms with Gasteiger partial charge in [-0.05, 0) is 17.7 Å². The van der Waals surface area contributed by atoms with E-state index in [0.717, 1.165) is 6.07 Å². The highest BCUT2D eigenvalue weighted by Gasteiger charge is 2.32. The van der Waals surface area contributed by atoms with Crippen molar-refractivity contribution >= 4 is 23.4 Å². The molecule has 2 N–H and O–H groups in total. The standard InChI is InChI=1S/C10H9ClF3N/c11-5-1-2-7-3-4-9(15)8(6-7)10(12,13)14/h1-4,6H,5,15H2. The molecule has 15 heavy (non-hydrogen) atoms. The molecule has 0 bridgehead atoms. The van der Waals surface area contributed by atoms with Gasteiger partial charge in [0.05, 0.1) is 5.56 Å². The third-order valence-corrected chi connectivity index (χ3v) is 1.96. The molecular weight excluding hydrogens is 227 g/mol. The SMILES string of the molecule is Nc1ccc(C=CCCl)cc1C(F)(F)F. The number of rotatable bonds is 2. The molecule has 0 saturated heterocycles. The van der Waals surface area contributed by atoms with Crippen LogP contribution in [0.15, 0.2) is 24.3 Å². The Kier molecular flexibility index (Phi) is 3.63. The van der Waals surface area contributed by atoms with E-state index in [1.807, 2.05) is 0 Å². The number of benzene rings is 1. The molecule has 0 spiro atoms. The van der Waals surface area contributed by atoms with Gasteiger partial charge in [-0.3, -0.25) is 0 Å². The van der Waals surface area contributed by atoms with Crippen LogP contribution in [-0.4, -0.2) is 5.88 Å². The van der Waals surface area contributed by atoms with Gasteiger partial charge >= 0.3 is 6.18 Å². The summed E-state index contributed by atoms with van der Waals surface area (Å²) in [6, 6.07) is 3.74. The van der Waals surface area contributed by atoms with E-state index in [-0.39, 0.29) is 11.6 Å². The molecule has 0 saturated carbocycles. The van der Waals surface area contributed by atoms with Crippen molar-refractivity contribution in [2.45, 2.75) is 6.18 Å². The van der Waals surface area contributed by atoms with Crippen LogP contribution in [0.2, 0.25) is 0 Å². The quantitative estimate of drug-likeness (QED) is 0.616. The maximum absolute atomic E-state index is 12.4. The summed E-state index contributed by atoms with van der Waals surface area (Å²) in [5, 5.41) is 0. The third kappa shape index (κ3) is 3.16. The minimum atomic E-state index is -4.42. The van der Waals surface area contributed by atoms with Gasteiger partial charge in [0.1, 0.15) is 0 Å². The molecule has 82 valence electrons. The van der Waals surface area contributed by atoms with Gasteiger partial charge in [0.2, 0.25) is 0 Å². The van der Waals surface area contributed by atoms with Crippen LogP contribution in [0.1, 0.15) is 11.1 Å². The van der Waals surface area contributed by atoms with Crippen LogP contribution >= 0.6 is 11.6 Å². The Morgan fingerprint density at radius 3 is 2.53 bits per heavy atom. The maximum Gasteiger partial charge on any atom is 0.418 e. The Morgan fingerprint density at radius 2 is 2.00 bits per heavy atom. The van der Waals surface area contributed by atoms with Gasteiger partial charge in [0.25, 0.3) is 0 Å². The minimum Gasteiger partial charge on any atom is -0.398 e. The lowest BCUT2D eigenvalue weighted by Crippen LogP contribution is -2.08. The zero-order chi connectivity index (χ0) is 11.5. The van der Waals surface area contributed by atoms with Crippen LogP contribution in [0.5, 0.6) is 0 Å². The van der Waals surface area contributed by atoms with E-state index in [2.05, 4.69) is 0 Å². The van der Waals surface area contributed by atoms with Crippen LogP contribution in [0.25, 0.3) is 6.08 Å². The number of nitrogen functional groups attached to an aromatic ring is 1. The highest BCUT2D eigenvalue weighted by Crippen LogP contribution is 2.34. The number of nitrogens with two attached hydrogens (primary N) is 1. The summed E-state index contributed by atoms with van der Waals surface area (Å²) in [5.74, 6) is 0.256. The van der Waals surface area contributed by atoms with E-state index in [0.29, 0.717) is 5.56 Å². The monoisotopic (exact) mass is 235 g/mol. The number of anilines is 1. The molecule has 0 aromatic heterocycles. The zero-order valence-corrected chi connectivity index (χ0v) is 8.44. The largest absolute Gasteiger partial charge is 0.418 e. The van der Waals surface area contributed by atoms with E-state index in [1.165, 1.54) is 18.2 Å². The first-order valence-corrected chi connectivity index (χ1v) is 4.68. The molecule has 5 heteroatoms. The zero-order valence-electron chi connectivity index (χ0n) is 7.68. The highest BCUT2D eigenvalue weighted by atomic mass is 35.5. The van der Waals surface area contributed by atoms with Gasteiger partial charge in [-0.2, -0.15) is 13.2 Å². The first kappa shape index (κ1) is 11.9. The molecule has 1 aromatic rings. The van der Waals surface area contributed by atoms with Crippen LogP contribution in [-0.2, 0) is 6.18 Å². The summed E-state index contributed by atoms with van der Waals surface area (Å²) in [6.07, 6.45) is -1.34. The molecule has 0 heterocycles. The molecule has 1 rings (SSSR count). The van der Waals surface area contributed by atoms with E-state index < -0.39 is 11.7 Å². The maximum atomic E-state index is 12.4. The fourth-order valence-corrected chi connectivity index (χ4v) is 1.19. The fourth-order valence-electron chi connectivity index (χ4n) is 1.10. The van der Waals surface area contributed by atoms with Gasteiger partial charge in [-0.1, -0.05) is 18.2 Å². The van der Waals surface area contributed by atoms with Crippen LogP contribution in [0.3, 0.4) is 0 Å². The van der Waals surface area contributed by atoms with E-state index in [9.17, 15) is 13.2 Å². The lowest BCUT2D eigenvalue weighted by Gasteiger charge is -2.10. The van der Waals surface area contributed by atoms with Gasteiger partial charge in [-0.25, -0.2) is 0 Å². The summed E-state index contributed by atoms with van der Waals surface area (Å²) in [6.45, 7) is 0. The Morgan fingerprint density at radius 1 is 1.33 bits per heavy atom. The summed E-state index contributed by atoms with van der Waals surface area (Å²) >= 11 is 5.38. The van der Waals surface area contributed by atoms with E-state index in [4.69, 9.17) is 17.3 Å². The van der Waals surface area contributed by atoms with E-state index in [1.54, 1.807) is 6.08 Å². The normalized spacial score (nSPS) is 12.3. The lowest BCUT2D eigenvalue weighted by molar-refractivity contribution is -0.136. The summed E-state index contributed by atoms with van der Waals surface area (Å²) in [7, 11) is 0. The Balaban J connectivity index is 3.11. The Labute approximate surface area is 90.3 Å². The number of hydrogen-bond donors (Lipinski definition) is 1. The van der Waals surface area contributed by atoms with Crippen molar-refractivity contribution in [3.8, 4) is 0 Å². The molecule has 1 nitrogen and oxygen atoms in total. The number of halogens is 4. The number of hydrogen-bond acceptors (Lipinski definition) is 1. The summed E-state index contributed by atoms with van der Waals surface area (Å²) in [5.41, 5.74) is 4.57. The number of allylic oxidation sites excluding steroid dienone is 1. The fraction of sp³-hybridized carbons (Fsp3) is 0.200. The molecule has 0 radical (unpaired) electrons. The van der Waals surface area contributed by atoms with Gasteiger partial charge in [0.15, 0.2) is 0 Å². The summed E-state index contributed by atoms with van der Waals surface area (Å²) in [4.78, 5) is 0. The van der Waals surface area contributed by atoms with Gasteiger partial charge in [0, 0.05) is 11.6 Å². The Bertz CT molecular complexity index is 371. The van der Waals surface area contributed by atoms with Crippen molar-refractivity contribution in [2.75, 3.05) is 11.6 Å². The van der Waals surface area contributed by atoms with Crippen molar-refractivity contribution < 1.29 is 13.2 Å². The average Bonchev–Trinajstić information content (AvgIpc) is 2.15. The van der Waals surface area contributed by atoms with Crippen LogP contribution < -0.4 is 5.73 Å². The van der Waals surface area contributed by atoms with Crippen molar-refractivity contribution in [1.82, 2.24) is 0 Å². The molecule has 0 atom stereocenters. The number of alkyl halides is 4. The average molecular weight is 236 g/mol. The molecular formula is C10H9ClF3N. The smallest absolute Gasteiger partial charge is 0.398 e. The van der Waals surface area contributed by atoms with Gasteiger partial charge in [-0.15, -0.1) is 11.6 Å². The predicted octanol–water partition coefficient (Wildman–Crippen LogP) is 3.54. The highest BCUT2D eigenvalue weighted by molar-refractivity contribution is 6.19. The van der Waals surface area contributed by atoms with Crippen molar-refractivity contribution in [1.29, 1.82) is 0 Å².